The summed E-state index contributed by atoms with van der Waals surface area (Å²) in [7, 11) is 0. The van der Waals surface area contributed by atoms with Crippen molar-refractivity contribution in [1.82, 2.24) is 4.90 Å². The van der Waals surface area contributed by atoms with E-state index in [1.165, 1.54) is 0 Å². The van der Waals surface area contributed by atoms with E-state index in [2.05, 4.69) is 29.0 Å². The van der Waals surface area contributed by atoms with Gasteiger partial charge in [-0.1, -0.05) is 6.92 Å². The first-order valence-electron chi connectivity index (χ1n) is 7.29. The fraction of sp³-hybridized carbons (Fsp3) is 0.533. The van der Waals surface area contributed by atoms with Crippen LogP contribution in [0.25, 0.3) is 0 Å². The fourth-order valence-corrected chi connectivity index (χ4v) is 3.24. The van der Waals surface area contributed by atoms with Crippen molar-refractivity contribution in [3.05, 3.63) is 17.7 Å². The van der Waals surface area contributed by atoms with Crippen molar-refractivity contribution >= 4 is 23.0 Å². The van der Waals surface area contributed by atoms with Gasteiger partial charge in [0.25, 0.3) is 0 Å². The van der Waals surface area contributed by atoms with Crippen LogP contribution in [0.4, 0.5) is 17.1 Å². The van der Waals surface area contributed by atoms with Crippen molar-refractivity contribution in [2.75, 3.05) is 42.1 Å². The molecule has 2 aliphatic heterocycles. The maximum absolute atomic E-state index is 11.5. The standard InChI is InChI=1S/C15H22N4O/c1-3-18-4-5-19(9-10(18)2)14-8-13-11(6-12(14)16)7-15(20)17-13/h6,8,10H,3-5,7,9,16H2,1-2H3,(H,17,20). The number of hydrogen-bond acceptors (Lipinski definition) is 4. The molecule has 1 amide bonds. The molecule has 0 spiro atoms. The van der Waals surface area contributed by atoms with E-state index in [0.29, 0.717) is 12.5 Å². The number of hydrogen-bond donors (Lipinski definition) is 2. The second-order valence-corrected chi connectivity index (χ2v) is 5.72. The third kappa shape index (κ3) is 2.22. The molecule has 0 saturated carbocycles. The second kappa shape index (κ2) is 4.98. The Kier molecular flexibility index (Phi) is 3.30. The summed E-state index contributed by atoms with van der Waals surface area (Å²) in [6.07, 6.45) is 0.444. The van der Waals surface area contributed by atoms with Crippen LogP contribution in [-0.2, 0) is 11.2 Å². The van der Waals surface area contributed by atoms with E-state index >= 15 is 0 Å². The Hall–Kier alpha value is -1.75. The zero-order chi connectivity index (χ0) is 14.3. The van der Waals surface area contributed by atoms with Gasteiger partial charge in [0.15, 0.2) is 0 Å². The van der Waals surface area contributed by atoms with Crippen molar-refractivity contribution in [3.8, 4) is 0 Å². The quantitative estimate of drug-likeness (QED) is 0.798. The van der Waals surface area contributed by atoms with Gasteiger partial charge in [0.2, 0.25) is 5.91 Å². The third-order valence-electron chi connectivity index (χ3n) is 4.39. The first-order valence-corrected chi connectivity index (χ1v) is 7.29. The number of nitrogens with zero attached hydrogens (tertiary/aromatic N) is 2. The lowest BCUT2D eigenvalue weighted by Gasteiger charge is -2.41. The lowest BCUT2D eigenvalue weighted by molar-refractivity contribution is -0.115. The molecule has 1 unspecified atom stereocenters. The predicted molar refractivity (Wildman–Crippen MR) is 82.1 cm³/mol. The van der Waals surface area contributed by atoms with Gasteiger partial charge in [0.1, 0.15) is 0 Å². The largest absolute Gasteiger partial charge is 0.397 e. The van der Waals surface area contributed by atoms with Gasteiger partial charge >= 0.3 is 0 Å². The molecule has 20 heavy (non-hydrogen) atoms. The monoisotopic (exact) mass is 274 g/mol. The van der Waals surface area contributed by atoms with Gasteiger partial charge in [-0.3, -0.25) is 9.69 Å². The van der Waals surface area contributed by atoms with Crippen molar-refractivity contribution < 1.29 is 4.79 Å². The number of carbonyl (C=O) groups is 1. The SMILES string of the molecule is CCN1CCN(c2cc3c(cc2N)CC(=O)N3)CC1C. The first kappa shape index (κ1) is 13.2. The van der Waals surface area contributed by atoms with E-state index in [0.717, 1.165) is 48.8 Å². The zero-order valence-corrected chi connectivity index (χ0v) is 12.1. The van der Waals surface area contributed by atoms with Crippen LogP contribution in [0.2, 0.25) is 0 Å². The summed E-state index contributed by atoms with van der Waals surface area (Å²) < 4.78 is 0. The Bertz CT molecular complexity index is 543. The van der Waals surface area contributed by atoms with E-state index in [-0.39, 0.29) is 5.91 Å². The van der Waals surface area contributed by atoms with Gasteiger partial charge in [-0.15, -0.1) is 0 Å². The number of carbonyl (C=O) groups excluding carboxylic acids is 1. The van der Waals surface area contributed by atoms with Crippen LogP contribution >= 0.6 is 0 Å². The average molecular weight is 274 g/mol. The molecule has 0 aromatic heterocycles. The maximum atomic E-state index is 11.5. The van der Waals surface area contributed by atoms with Gasteiger partial charge < -0.3 is 16.0 Å². The van der Waals surface area contributed by atoms with Crippen LogP contribution in [0.15, 0.2) is 12.1 Å². The van der Waals surface area contributed by atoms with Crippen LogP contribution in [0, 0.1) is 0 Å². The molecule has 2 heterocycles. The van der Waals surface area contributed by atoms with Crippen LogP contribution in [0.1, 0.15) is 19.4 Å². The Balaban J connectivity index is 1.85. The minimum absolute atomic E-state index is 0.0562. The van der Waals surface area contributed by atoms with Crippen LogP contribution in [0.3, 0.4) is 0 Å². The molecule has 3 rings (SSSR count). The Morgan fingerprint density at radius 1 is 1.40 bits per heavy atom. The van der Waals surface area contributed by atoms with Crippen molar-refractivity contribution in [1.29, 1.82) is 0 Å². The summed E-state index contributed by atoms with van der Waals surface area (Å²) in [4.78, 5) is 16.3. The smallest absolute Gasteiger partial charge is 0.228 e. The molecular formula is C15H22N4O. The van der Waals surface area contributed by atoms with Crippen molar-refractivity contribution in [2.45, 2.75) is 26.3 Å². The predicted octanol–water partition coefficient (Wildman–Crippen LogP) is 1.29. The summed E-state index contributed by atoms with van der Waals surface area (Å²) in [5.74, 6) is 0.0562. The molecule has 1 aromatic carbocycles. The highest BCUT2D eigenvalue weighted by molar-refractivity contribution is 6.00. The number of likely N-dealkylation sites (N-methyl/N-ethyl adjacent to an activating group) is 1. The van der Waals surface area contributed by atoms with E-state index in [1.807, 2.05) is 12.1 Å². The molecule has 1 atom stereocenters. The minimum atomic E-state index is 0.0562. The number of benzene rings is 1. The normalized spacial score (nSPS) is 22.8. The number of anilines is 3. The van der Waals surface area contributed by atoms with Gasteiger partial charge in [0.05, 0.1) is 17.8 Å². The number of nitrogens with two attached hydrogens (primary N) is 1. The van der Waals surface area contributed by atoms with E-state index < -0.39 is 0 Å². The number of piperazine rings is 1. The third-order valence-corrected chi connectivity index (χ3v) is 4.39. The summed E-state index contributed by atoms with van der Waals surface area (Å²) >= 11 is 0. The minimum Gasteiger partial charge on any atom is -0.397 e. The fourth-order valence-electron chi connectivity index (χ4n) is 3.24. The number of rotatable bonds is 2. The molecule has 0 bridgehead atoms. The van der Waals surface area contributed by atoms with Crippen LogP contribution < -0.4 is 16.0 Å². The second-order valence-electron chi connectivity index (χ2n) is 5.72. The zero-order valence-electron chi connectivity index (χ0n) is 12.1. The highest BCUT2D eigenvalue weighted by Crippen LogP contribution is 2.34. The Morgan fingerprint density at radius 2 is 2.20 bits per heavy atom. The average Bonchev–Trinajstić information content (AvgIpc) is 2.76. The molecule has 2 aliphatic rings. The summed E-state index contributed by atoms with van der Waals surface area (Å²) in [5, 5.41) is 2.90. The Morgan fingerprint density at radius 3 is 2.90 bits per heavy atom. The van der Waals surface area contributed by atoms with E-state index in [4.69, 9.17) is 5.73 Å². The van der Waals surface area contributed by atoms with Gasteiger partial charge in [-0.25, -0.2) is 0 Å². The van der Waals surface area contributed by atoms with Crippen LogP contribution in [0.5, 0.6) is 0 Å². The molecule has 5 nitrogen and oxygen atoms in total. The first-order chi connectivity index (χ1) is 9.58. The molecular weight excluding hydrogens is 252 g/mol. The number of amides is 1. The highest BCUT2D eigenvalue weighted by atomic mass is 16.1. The van der Waals surface area contributed by atoms with Crippen molar-refractivity contribution in [3.63, 3.8) is 0 Å². The molecule has 108 valence electrons. The summed E-state index contributed by atoms with van der Waals surface area (Å²) in [6.45, 7) is 8.55. The maximum Gasteiger partial charge on any atom is 0.228 e. The van der Waals surface area contributed by atoms with Gasteiger partial charge in [-0.05, 0) is 31.2 Å². The topological polar surface area (TPSA) is 61.6 Å². The highest BCUT2D eigenvalue weighted by Gasteiger charge is 2.26. The van der Waals surface area contributed by atoms with Gasteiger partial charge in [-0.2, -0.15) is 0 Å². The van der Waals surface area contributed by atoms with Gasteiger partial charge in [0, 0.05) is 31.4 Å². The number of fused-ring (bicyclic) bond motifs is 1. The number of nitrogens with one attached hydrogen (secondary N) is 1. The molecule has 0 aliphatic carbocycles. The lowest BCUT2D eigenvalue weighted by atomic mass is 10.1. The van der Waals surface area contributed by atoms with Crippen LogP contribution in [-0.4, -0.2) is 43.0 Å². The Labute approximate surface area is 119 Å². The molecule has 0 radical (unpaired) electrons. The lowest BCUT2D eigenvalue weighted by Crippen LogP contribution is -2.51. The molecule has 1 fully saturated rings. The molecule has 5 heteroatoms. The summed E-state index contributed by atoms with van der Waals surface area (Å²) in [6, 6.07) is 4.50. The van der Waals surface area contributed by atoms with Crippen molar-refractivity contribution in [2.24, 2.45) is 0 Å². The molecule has 1 aromatic rings. The summed E-state index contributed by atoms with van der Waals surface area (Å²) in [5.41, 5.74) is 9.94. The van der Waals surface area contributed by atoms with E-state index in [1.54, 1.807) is 0 Å². The number of nitrogen functional groups attached to an aromatic ring is 1. The molecule has 3 N–H and O–H groups in total. The molecule has 1 saturated heterocycles. The van der Waals surface area contributed by atoms with E-state index in [9.17, 15) is 4.79 Å².